The Hall–Kier alpha value is -8.38. The third kappa shape index (κ3) is 10.4. The lowest BCUT2D eigenvalue weighted by atomic mass is 10.1. The lowest BCUT2D eigenvalue weighted by Crippen LogP contribution is -2.18. The van der Waals surface area contributed by atoms with Gasteiger partial charge >= 0.3 is 5.97 Å². The summed E-state index contributed by atoms with van der Waals surface area (Å²) in [5, 5.41) is 21.3. The molecule has 10 aromatic rings. The third-order valence-electron chi connectivity index (χ3n) is 13.6. The fourth-order valence-corrected chi connectivity index (χ4v) is 9.26. The minimum absolute atomic E-state index is 0.0203. The van der Waals surface area contributed by atoms with Crippen molar-refractivity contribution in [1.29, 1.82) is 0 Å². The van der Waals surface area contributed by atoms with Gasteiger partial charge in [0, 0.05) is 104 Å². The molecular weight excluding hydrogens is 953 g/mol. The number of anilines is 2. The lowest BCUT2D eigenvalue weighted by molar-refractivity contribution is 0.0687. The molecule has 2 aromatic carbocycles. The molecule has 0 amide bonds. The number of fused-ring (bicyclic) bond motifs is 4. The number of nitrogens with zero attached hydrogens (tertiary/aromatic N) is 12. The number of hydrogen-bond acceptors (Lipinski definition) is 11. The molecule has 0 saturated heterocycles. The van der Waals surface area contributed by atoms with Gasteiger partial charge in [-0.1, -0.05) is 60.7 Å². The van der Waals surface area contributed by atoms with Crippen LogP contribution in [0.1, 0.15) is 91.1 Å². The summed E-state index contributed by atoms with van der Waals surface area (Å²) in [4.78, 5) is 47.4. The molecule has 0 bridgehead atoms. The molecule has 384 valence electrons. The van der Waals surface area contributed by atoms with Crippen LogP contribution in [0.4, 0.5) is 20.2 Å². The molecule has 12 rings (SSSR count). The average Bonchev–Trinajstić information content (AvgIpc) is 3.89. The number of rotatable bonds is 14. The molecule has 18 heteroatoms. The smallest absolute Gasteiger partial charge is 0.356 e. The average molecular weight is 1010 g/mol. The Kier molecular flexibility index (Phi) is 14.0. The molecule has 2 aliphatic carbocycles. The first kappa shape index (κ1) is 50.2. The predicted octanol–water partition coefficient (Wildman–Crippen LogP) is 10.6. The van der Waals surface area contributed by atoms with Crippen LogP contribution in [0, 0.1) is 5.92 Å². The van der Waals surface area contributed by atoms with Gasteiger partial charge in [0.15, 0.2) is 22.8 Å². The van der Waals surface area contributed by atoms with Gasteiger partial charge in [-0.2, -0.15) is 10.2 Å². The highest BCUT2D eigenvalue weighted by atomic mass is 19.1. The predicted molar refractivity (Wildman–Crippen MR) is 288 cm³/mol. The van der Waals surface area contributed by atoms with Gasteiger partial charge in [-0.3, -0.25) is 4.79 Å². The van der Waals surface area contributed by atoms with E-state index in [0.29, 0.717) is 48.6 Å². The van der Waals surface area contributed by atoms with E-state index in [4.69, 9.17) is 15.9 Å². The Bertz CT molecular complexity index is 3680. The highest BCUT2D eigenvalue weighted by Gasteiger charge is 2.39. The zero-order chi connectivity index (χ0) is 52.7. The number of carboxylic acids is 1. The van der Waals surface area contributed by atoms with Gasteiger partial charge in [0.25, 0.3) is 0 Å². The number of benzene rings is 2. The minimum Gasteiger partial charge on any atom is -0.476 e. The van der Waals surface area contributed by atoms with E-state index < -0.39 is 18.3 Å². The Labute approximate surface area is 432 Å². The molecule has 3 N–H and O–H groups in total. The van der Waals surface area contributed by atoms with Crippen LogP contribution in [0.15, 0.2) is 134 Å². The van der Waals surface area contributed by atoms with Crippen LogP contribution in [0.5, 0.6) is 0 Å². The molecule has 2 saturated carbocycles. The van der Waals surface area contributed by atoms with Crippen molar-refractivity contribution in [3.8, 4) is 22.5 Å². The number of aromatic nitrogens is 10. The molecule has 4 atom stereocenters. The molecule has 0 spiro atoms. The second-order valence-corrected chi connectivity index (χ2v) is 20.0. The summed E-state index contributed by atoms with van der Waals surface area (Å²) in [6.45, 7) is 9.76. The van der Waals surface area contributed by atoms with Crippen LogP contribution in [-0.4, -0.2) is 97.6 Å². The largest absolute Gasteiger partial charge is 0.476 e. The molecule has 75 heavy (non-hydrogen) atoms. The molecule has 2 aliphatic rings. The summed E-state index contributed by atoms with van der Waals surface area (Å²) in [7, 11) is 3.99. The van der Waals surface area contributed by atoms with Crippen molar-refractivity contribution in [3.63, 3.8) is 0 Å². The van der Waals surface area contributed by atoms with Crippen molar-refractivity contribution in [1.82, 2.24) is 48.3 Å². The van der Waals surface area contributed by atoms with E-state index in [9.17, 15) is 23.5 Å². The maximum atomic E-state index is 13.6. The van der Waals surface area contributed by atoms with Crippen LogP contribution in [0.25, 0.3) is 55.9 Å². The van der Waals surface area contributed by atoms with Gasteiger partial charge < -0.3 is 29.8 Å². The SMILES string of the molecule is CC(C)n1cc(-c2cc(N(C)Cc3ccccc3)c3ncc(C(=O)C[C@@H]4C[C@@H]4F)n3n2)c2cccnc21.CC(C)n1cc(-c2cc(N(C)Cc3ccccc3)c3ncc(C(=O)O)n3n2)c2cccnc21.N[C@H]1C[C@H]1F. The van der Waals surface area contributed by atoms with E-state index in [1.165, 1.54) is 10.7 Å². The van der Waals surface area contributed by atoms with Crippen molar-refractivity contribution >= 4 is 56.5 Å². The van der Waals surface area contributed by atoms with Crippen LogP contribution >= 0.6 is 0 Å². The molecule has 0 radical (unpaired) electrons. The molecule has 0 unspecified atom stereocenters. The first-order chi connectivity index (χ1) is 36.1. The first-order valence-electron chi connectivity index (χ1n) is 25.1. The van der Waals surface area contributed by atoms with Gasteiger partial charge in [0.2, 0.25) is 0 Å². The second kappa shape index (κ2) is 20.9. The van der Waals surface area contributed by atoms with Crippen LogP contribution in [0.3, 0.4) is 0 Å². The van der Waals surface area contributed by atoms with Gasteiger partial charge in [-0.05, 0) is 88.1 Å². The van der Waals surface area contributed by atoms with Gasteiger partial charge in [0.05, 0.1) is 35.2 Å². The van der Waals surface area contributed by atoms with E-state index >= 15 is 0 Å². The number of hydrogen-bond donors (Lipinski definition) is 2. The summed E-state index contributed by atoms with van der Waals surface area (Å²) < 4.78 is 32.2. The van der Waals surface area contributed by atoms with E-state index in [1.807, 2.05) is 93.1 Å². The zero-order valence-corrected chi connectivity index (χ0v) is 42.7. The monoisotopic (exact) mass is 1010 g/mol. The second-order valence-electron chi connectivity index (χ2n) is 20.0. The molecule has 0 aliphatic heterocycles. The Morgan fingerprint density at radius 3 is 1.47 bits per heavy atom. The Morgan fingerprint density at radius 2 is 1.07 bits per heavy atom. The highest BCUT2D eigenvalue weighted by molar-refractivity contribution is 5.98. The lowest BCUT2D eigenvalue weighted by Gasteiger charge is -2.21. The Morgan fingerprint density at radius 1 is 0.640 bits per heavy atom. The standard InChI is InChI=1S/C29H29FN6O.C25H24N6O2.C3H6FN/c1-18(2)35-17-22(21-10-7-11-31-28(21)35)24-14-25(34(3)16-19-8-5-4-6-9-19)29-32-15-26(36(29)33-24)27(37)13-20-12-23(20)30;1-16(2)30-15-19(18-10-7-11-26-23(18)30)20-12-21(29(3)14-17-8-5-4-6-9-17)24-27-13-22(25(32)33)31(24)28-20;4-2-1-3(2)5/h4-11,14-15,17-18,20,23H,12-13,16H2,1-3H3;4-13,15-16H,14H2,1-3H3,(H,32,33);2-3H,1,5H2/t20-,23-;;2-,3+/m0.1/s1. The quantitative estimate of drug-likeness (QED) is 0.0985. The summed E-state index contributed by atoms with van der Waals surface area (Å²) >= 11 is 0. The number of pyridine rings is 2. The molecule has 8 heterocycles. The van der Waals surface area contributed by atoms with Gasteiger partial charge in [-0.15, -0.1) is 0 Å². The van der Waals surface area contributed by atoms with Crippen molar-refractivity contribution in [2.24, 2.45) is 11.7 Å². The highest BCUT2D eigenvalue weighted by Crippen LogP contribution is 2.39. The van der Waals surface area contributed by atoms with Crippen LogP contribution in [0.2, 0.25) is 0 Å². The van der Waals surface area contributed by atoms with Crippen molar-refractivity contribution in [2.75, 3.05) is 23.9 Å². The van der Waals surface area contributed by atoms with E-state index in [1.54, 1.807) is 23.1 Å². The van der Waals surface area contributed by atoms with Crippen LogP contribution in [-0.2, 0) is 13.1 Å². The maximum absolute atomic E-state index is 13.6. The Balaban J connectivity index is 0.000000157. The van der Waals surface area contributed by atoms with Crippen molar-refractivity contribution < 1.29 is 23.5 Å². The van der Waals surface area contributed by atoms with Gasteiger partial charge in [0.1, 0.15) is 29.3 Å². The number of imidazole rings is 2. The van der Waals surface area contributed by atoms with Crippen molar-refractivity contribution in [3.05, 3.63) is 157 Å². The fourth-order valence-electron chi connectivity index (χ4n) is 9.26. The van der Waals surface area contributed by atoms with Gasteiger partial charge in [-0.25, -0.2) is 42.5 Å². The van der Waals surface area contributed by atoms with Crippen LogP contribution < -0.4 is 15.5 Å². The molecule has 16 nitrogen and oxygen atoms in total. The number of aromatic carboxylic acids is 1. The van der Waals surface area contributed by atoms with E-state index in [0.717, 1.165) is 61.4 Å². The summed E-state index contributed by atoms with van der Waals surface area (Å²) in [6, 6.07) is 32.5. The van der Waals surface area contributed by atoms with E-state index in [-0.39, 0.29) is 41.9 Å². The minimum atomic E-state index is -1.07. The third-order valence-corrected chi connectivity index (χ3v) is 13.6. The number of carbonyl (C=O) groups is 2. The molecule has 2 fully saturated rings. The summed E-state index contributed by atoms with van der Waals surface area (Å²) in [6.07, 6.45) is 10.3. The number of Topliss-reactive ketones (excluding diaryl/α,β-unsaturated/α-hetero) is 1. The molecule has 8 aromatic heterocycles. The maximum Gasteiger partial charge on any atom is 0.356 e. The summed E-state index contributed by atoms with van der Waals surface area (Å²) in [5.41, 5.74) is 15.4. The zero-order valence-electron chi connectivity index (χ0n) is 42.7. The topological polar surface area (TPSA) is 183 Å². The number of ketones is 1. The van der Waals surface area contributed by atoms with E-state index in [2.05, 4.69) is 97.0 Å². The first-order valence-corrected chi connectivity index (χ1v) is 25.1. The van der Waals surface area contributed by atoms with Crippen molar-refractivity contribution in [2.45, 2.75) is 90.5 Å². The molecular formula is C57H59F2N13O3. The number of halogens is 2. The number of carbonyl (C=O) groups excluding carboxylic acids is 1. The normalized spacial score (nSPS) is 16.8. The number of nitrogens with two attached hydrogens (primary N) is 1. The number of alkyl halides is 2. The fraction of sp³-hybridized carbons (Fsp3) is 0.298. The summed E-state index contributed by atoms with van der Waals surface area (Å²) in [5.74, 6) is -1.41. The number of carboxylic acid groups (broad SMARTS) is 1.